The van der Waals surface area contributed by atoms with Crippen LogP contribution in [0.2, 0.25) is 0 Å². The molecule has 0 saturated carbocycles. The van der Waals surface area contributed by atoms with Gasteiger partial charge in [-0.05, 0) is 25.5 Å². The Bertz CT molecular complexity index is 251. The van der Waals surface area contributed by atoms with Crippen LogP contribution in [0.1, 0.15) is 37.8 Å². The van der Waals surface area contributed by atoms with Crippen molar-refractivity contribution in [3.05, 3.63) is 29.3 Å². The third kappa shape index (κ3) is 4.90. The Morgan fingerprint density at radius 2 is 1.64 bits per heavy atom. The van der Waals surface area contributed by atoms with Gasteiger partial charge in [0.2, 0.25) is 0 Å². The number of rotatable bonds is 2. The van der Waals surface area contributed by atoms with Gasteiger partial charge in [0.1, 0.15) is 5.75 Å². The van der Waals surface area contributed by atoms with Crippen LogP contribution < -0.4 is 4.74 Å². The van der Waals surface area contributed by atoms with Crippen molar-refractivity contribution in [3.63, 3.8) is 0 Å². The predicted octanol–water partition coefficient (Wildman–Crippen LogP) is 4.12. The zero-order valence-corrected chi connectivity index (χ0v) is 10.1. The minimum absolute atomic E-state index is 0.964. The smallest absolute Gasteiger partial charge is 0.121 e. The number of benzene rings is 1. The van der Waals surface area contributed by atoms with E-state index in [1.165, 1.54) is 24.0 Å². The van der Waals surface area contributed by atoms with Gasteiger partial charge in [0.15, 0.2) is 0 Å². The molecule has 0 aliphatic carbocycles. The van der Waals surface area contributed by atoms with Gasteiger partial charge in [0.05, 0.1) is 7.11 Å². The van der Waals surface area contributed by atoms with E-state index in [-0.39, 0.29) is 0 Å². The zero-order chi connectivity index (χ0) is 11.0. The van der Waals surface area contributed by atoms with Crippen molar-refractivity contribution < 1.29 is 4.74 Å². The molecule has 1 aromatic rings. The third-order valence-electron chi connectivity index (χ3n) is 2.05. The van der Waals surface area contributed by atoms with Gasteiger partial charge in [-0.3, -0.25) is 0 Å². The average molecular weight is 194 g/mol. The fraction of sp³-hybridized carbons (Fsp3) is 0.538. The Balaban J connectivity index is 0.000000364. The molecule has 1 nitrogen and oxygen atoms in total. The van der Waals surface area contributed by atoms with E-state index in [1.807, 2.05) is 19.1 Å². The molecular formula is C13H22O. The van der Waals surface area contributed by atoms with Crippen molar-refractivity contribution in [2.45, 2.75) is 40.5 Å². The quantitative estimate of drug-likeness (QED) is 0.688. The maximum atomic E-state index is 5.10. The summed E-state index contributed by atoms with van der Waals surface area (Å²) < 4.78 is 5.10. The van der Waals surface area contributed by atoms with Crippen LogP contribution in [0.15, 0.2) is 18.2 Å². The van der Waals surface area contributed by atoms with Crippen LogP contribution in [-0.2, 0) is 0 Å². The molecule has 0 amide bonds. The van der Waals surface area contributed by atoms with Gasteiger partial charge in [-0.25, -0.2) is 0 Å². The Kier molecular flexibility index (Phi) is 6.91. The molecule has 0 fully saturated rings. The Morgan fingerprint density at radius 1 is 1.07 bits per heavy atom. The second-order valence-corrected chi connectivity index (χ2v) is 3.47. The highest BCUT2D eigenvalue weighted by Crippen LogP contribution is 2.17. The van der Waals surface area contributed by atoms with Crippen LogP contribution in [0.5, 0.6) is 5.75 Å². The molecule has 0 saturated heterocycles. The predicted molar refractivity (Wildman–Crippen MR) is 63.1 cm³/mol. The standard InChI is InChI=1S/C9H12O.C4H10/c1-7-4-5-9(10-3)8(2)6-7;1-3-4-2/h4-6H,1-3H3;3-4H2,1-2H3. The van der Waals surface area contributed by atoms with Crippen LogP contribution in [-0.4, -0.2) is 7.11 Å². The second-order valence-electron chi connectivity index (χ2n) is 3.47. The van der Waals surface area contributed by atoms with Crippen LogP contribution in [0.4, 0.5) is 0 Å². The Labute approximate surface area is 88.1 Å². The van der Waals surface area contributed by atoms with Crippen LogP contribution in [0.25, 0.3) is 0 Å². The van der Waals surface area contributed by atoms with E-state index in [2.05, 4.69) is 26.8 Å². The Morgan fingerprint density at radius 3 is 2.00 bits per heavy atom. The van der Waals surface area contributed by atoms with Crippen molar-refractivity contribution in [1.82, 2.24) is 0 Å². The maximum absolute atomic E-state index is 5.10. The number of hydrogen-bond acceptors (Lipinski definition) is 1. The highest BCUT2D eigenvalue weighted by molar-refractivity contribution is 5.35. The zero-order valence-electron chi connectivity index (χ0n) is 10.1. The first-order valence-corrected chi connectivity index (χ1v) is 5.26. The molecule has 0 bridgehead atoms. The van der Waals surface area contributed by atoms with E-state index in [9.17, 15) is 0 Å². The first kappa shape index (κ1) is 13.0. The molecular weight excluding hydrogens is 172 g/mol. The van der Waals surface area contributed by atoms with Crippen molar-refractivity contribution in [2.75, 3.05) is 7.11 Å². The van der Waals surface area contributed by atoms with Crippen molar-refractivity contribution in [3.8, 4) is 5.75 Å². The van der Waals surface area contributed by atoms with Gasteiger partial charge in [-0.2, -0.15) is 0 Å². The summed E-state index contributed by atoms with van der Waals surface area (Å²) in [7, 11) is 1.69. The summed E-state index contributed by atoms with van der Waals surface area (Å²) in [5, 5.41) is 0. The molecule has 0 aliphatic rings. The number of unbranched alkanes of at least 4 members (excludes halogenated alkanes) is 1. The fourth-order valence-electron chi connectivity index (χ4n) is 1.03. The maximum Gasteiger partial charge on any atom is 0.121 e. The topological polar surface area (TPSA) is 9.23 Å². The molecule has 1 aromatic carbocycles. The normalized spacial score (nSPS) is 8.93. The van der Waals surface area contributed by atoms with E-state index < -0.39 is 0 Å². The minimum Gasteiger partial charge on any atom is -0.496 e. The van der Waals surface area contributed by atoms with E-state index >= 15 is 0 Å². The average Bonchev–Trinajstić information content (AvgIpc) is 2.18. The van der Waals surface area contributed by atoms with E-state index in [0.29, 0.717) is 0 Å². The van der Waals surface area contributed by atoms with Gasteiger partial charge < -0.3 is 4.74 Å². The number of aryl methyl sites for hydroxylation is 2. The number of ether oxygens (including phenoxy) is 1. The molecule has 1 rings (SSSR count). The Hall–Kier alpha value is -0.980. The lowest BCUT2D eigenvalue weighted by atomic mass is 10.1. The molecule has 0 radical (unpaired) electrons. The van der Waals surface area contributed by atoms with E-state index in [4.69, 9.17) is 4.74 Å². The molecule has 0 spiro atoms. The molecule has 0 heterocycles. The first-order chi connectivity index (χ1) is 6.65. The SMILES string of the molecule is CCCC.COc1ccc(C)cc1C. The van der Waals surface area contributed by atoms with Gasteiger partial charge in [0.25, 0.3) is 0 Å². The highest BCUT2D eigenvalue weighted by Gasteiger charge is 1.94. The van der Waals surface area contributed by atoms with Crippen LogP contribution in [0, 0.1) is 13.8 Å². The van der Waals surface area contributed by atoms with Gasteiger partial charge in [-0.15, -0.1) is 0 Å². The molecule has 0 unspecified atom stereocenters. The summed E-state index contributed by atoms with van der Waals surface area (Å²) >= 11 is 0. The van der Waals surface area contributed by atoms with Crippen LogP contribution >= 0.6 is 0 Å². The molecule has 1 heteroatoms. The number of hydrogen-bond donors (Lipinski definition) is 0. The van der Waals surface area contributed by atoms with Crippen molar-refractivity contribution in [1.29, 1.82) is 0 Å². The van der Waals surface area contributed by atoms with Crippen molar-refractivity contribution in [2.24, 2.45) is 0 Å². The van der Waals surface area contributed by atoms with Gasteiger partial charge >= 0.3 is 0 Å². The molecule has 0 atom stereocenters. The van der Waals surface area contributed by atoms with Crippen LogP contribution in [0.3, 0.4) is 0 Å². The lowest BCUT2D eigenvalue weighted by Crippen LogP contribution is -1.86. The van der Waals surface area contributed by atoms with Gasteiger partial charge in [-0.1, -0.05) is 44.4 Å². The molecule has 14 heavy (non-hydrogen) atoms. The monoisotopic (exact) mass is 194 g/mol. The molecule has 0 N–H and O–H groups in total. The lowest BCUT2D eigenvalue weighted by Gasteiger charge is -2.03. The highest BCUT2D eigenvalue weighted by atomic mass is 16.5. The summed E-state index contributed by atoms with van der Waals surface area (Å²) in [5.74, 6) is 0.964. The molecule has 0 aliphatic heterocycles. The summed E-state index contributed by atoms with van der Waals surface area (Å²) in [4.78, 5) is 0. The summed E-state index contributed by atoms with van der Waals surface area (Å²) in [6.45, 7) is 8.48. The molecule has 80 valence electrons. The third-order valence-corrected chi connectivity index (χ3v) is 2.05. The molecule has 0 aromatic heterocycles. The largest absolute Gasteiger partial charge is 0.496 e. The number of methoxy groups -OCH3 is 1. The first-order valence-electron chi connectivity index (χ1n) is 5.26. The van der Waals surface area contributed by atoms with Crippen molar-refractivity contribution >= 4 is 0 Å². The summed E-state index contributed by atoms with van der Waals surface area (Å²) in [5.41, 5.74) is 2.47. The second kappa shape index (κ2) is 7.43. The fourth-order valence-corrected chi connectivity index (χ4v) is 1.03. The van der Waals surface area contributed by atoms with E-state index in [0.717, 1.165) is 5.75 Å². The minimum atomic E-state index is 0.964. The van der Waals surface area contributed by atoms with E-state index in [1.54, 1.807) is 7.11 Å². The van der Waals surface area contributed by atoms with Gasteiger partial charge in [0, 0.05) is 0 Å². The summed E-state index contributed by atoms with van der Waals surface area (Å²) in [6, 6.07) is 6.15. The summed E-state index contributed by atoms with van der Waals surface area (Å²) in [6.07, 6.45) is 2.64. The lowest BCUT2D eigenvalue weighted by molar-refractivity contribution is 0.411.